The van der Waals surface area contributed by atoms with Crippen LogP contribution in [0.15, 0.2) is 30.5 Å². The van der Waals surface area contributed by atoms with Crippen LogP contribution < -0.4 is 0 Å². The molecule has 0 saturated carbocycles. The van der Waals surface area contributed by atoms with Crippen LogP contribution in [0.3, 0.4) is 0 Å². The van der Waals surface area contributed by atoms with Gasteiger partial charge in [0.2, 0.25) is 0 Å². The van der Waals surface area contributed by atoms with Gasteiger partial charge in [-0.3, -0.25) is 0 Å². The molecule has 0 N–H and O–H groups in total. The van der Waals surface area contributed by atoms with E-state index >= 15 is 0 Å². The number of ether oxygens (including phenoxy) is 1. The molecule has 0 aromatic heterocycles. The first-order valence-corrected chi connectivity index (χ1v) is 4.62. The van der Waals surface area contributed by atoms with Crippen molar-refractivity contribution in [3.8, 4) is 0 Å². The van der Waals surface area contributed by atoms with E-state index in [1.165, 1.54) is 11.1 Å². The lowest BCUT2D eigenvalue weighted by atomic mass is 9.98. The van der Waals surface area contributed by atoms with Crippen molar-refractivity contribution in [3.05, 3.63) is 48.6 Å². The summed E-state index contributed by atoms with van der Waals surface area (Å²) in [5.74, 6) is 0. The molecule has 0 aliphatic carbocycles. The Morgan fingerprint density at radius 2 is 2.15 bits per heavy atom. The van der Waals surface area contributed by atoms with Gasteiger partial charge in [-0.05, 0) is 30.0 Å². The smallest absolute Gasteiger partial charge is 0.123 e. The van der Waals surface area contributed by atoms with Gasteiger partial charge in [-0.15, -0.1) is 0 Å². The van der Waals surface area contributed by atoms with Crippen LogP contribution in [0, 0.1) is 6.92 Å². The lowest BCUT2D eigenvalue weighted by Crippen LogP contribution is -2.05. The van der Waals surface area contributed by atoms with Gasteiger partial charge >= 0.3 is 0 Å². The van der Waals surface area contributed by atoms with E-state index < -0.39 is 0 Å². The summed E-state index contributed by atoms with van der Waals surface area (Å²) >= 11 is 0. The van der Waals surface area contributed by atoms with Crippen LogP contribution >= 0.6 is 0 Å². The molecular formula is C12H13O. The van der Waals surface area contributed by atoms with Gasteiger partial charge in [0.15, 0.2) is 0 Å². The maximum absolute atomic E-state index is 5.52. The highest BCUT2D eigenvalue weighted by Crippen LogP contribution is 2.30. The predicted octanol–water partition coefficient (Wildman–Crippen LogP) is 3.34. The Kier molecular flexibility index (Phi) is 2.35. The maximum atomic E-state index is 5.52. The van der Waals surface area contributed by atoms with Gasteiger partial charge in [0.1, 0.15) is 6.10 Å². The van der Waals surface area contributed by atoms with E-state index in [1.807, 2.05) is 6.08 Å². The Morgan fingerprint density at radius 1 is 1.31 bits per heavy atom. The summed E-state index contributed by atoms with van der Waals surface area (Å²) in [6, 6.07) is 8.34. The third-order valence-corrected chi connectivity index (χ3v) is 2.30. The molecule has 1 aromatic rings. The highest BCUT2D eigenvalue weighted by atomic mass is 16.5. The van der Waals surface area contributed by atoms with Gasteiger partial charge in [0, 0.05) is 0 Å². The van der Waals surface area contributed by atoms with Crippen molar-refractivity contribution < 1.29 is 4.74 Å². The van der Waals surface area contributed by atoms with Crippen molar-refractivity contribution >= 4 is 6.08 Å². The minimum absolute atomic E-state index is 0.207. The van der Waals surface area contributed by atoms with Crippen molar-refractivity contribution in [2.45, 2.75) is 18.9 Å². The van der Waals surface area contributed by atoms with Crippen LogP contribution in [0.25, 0.3) is 6.08 Å². The minimum Gasteiger partial charge on any atom is -0.493 e. The quantitative estimate of drug-likeness (QED) is 0.666. The Morgan fingerprint density at radius 3 is 3.00 bits per heavy atom. The normalized spacial score (nSPS) is 19.3. The maximum Gasteiger partial charge on any atom is 0.123 e. The minimum atomic E-state index is 0.207. The monoisotopic (exact) mass is 173 g/mol. The molecule has 0 spiro atoms. The number of fused-ring (bicyclic) bond motifs is 1. The first kappa shape index (κ1) is 8.36. The van der Waals surface area contributed by atoms with Crippen LogP contribution in [0.1, 0.15) is 30.1 Å². The first-order valence-electron chi connectivity index (χ1n) is 4.62. The van der Waals surface area contributed by atoms with Gasteiger partial charge in [-0.1, -0.05) is 31.2 Å². The zero-order valence-electron chi connectivity index (χ0n) is 7.57. The fourth-order valence-electron chi connectivity index (χ4n) is 1.65. The highest BCUT2D eigenvalue weighted by molar-refractivity contribution is 5.55. The molecule has 1 nitrogen and oxygen atoms in total. The van der Waals surface area contributed by atoms with Crippen molar-refractivity contribution in [1.82, 2.24) is 0 Å². The summed E-state index contributed by atoms with van der Waals surface area (Å²) in [4.78, 5) is 0. The molecule has 1 unspecified atom stereocenters. The molecule has 1 aromatic carbocycles. The molecule has 0 bridgehead atoms. The van der Waals surface area contributed by atoms with Gasteiger partial charge < -0.3 is 4.74 Å². The second-order valence-electron chi connectivity index (χ2n) is 3.20. The van der Waals surface area contributed by atoms with E-state index in [1.54, 1.807) is 6.26 Å². The molecule has 1 aliphatic rings. The lowest BCUT2D eigenvalue weighted by Gasteiger charge is -2.21. The standard InChI is InChI=1S/C12H13O/c1-2-5-12-11-7-4-3-6-10(11)8-9-13-12/h3-4,6-9,12H,1-2,5H2. The second-order valence-corrected chi connectivity index (χ2v) is 3.20. The van der Waals surface area contributed by atoms with E-state index in [9.17, 15) is 0 Å². The third kappa shape index (κ3) is 1.59. The predicted molar refractivity (Wildman–Crippen MR) is 53.9 cm³/mol. The van der Waals surface area contributed by atoms with Crippen LogP contribution in [0.4, 0.5) is 0 Å². The second kappa shape index (κ2) is 3.65. The van der Waals surface area contributed by atoms with Crippen LogP contribution in [0.5, 0.6) is 0 Å². The molecule has 1 heterocycles. The van der Waals surface area contributed by atoms with Gasteiger partial charge in [0.25, 0.3) is 0 Å². The average Bonchev–Trinajstić information content (AvgIpc) is 2.19. The van der Waals surface area contributed by atoms with Crippen molar-refractivity contribution in [2.24, 2.45) is 0 Å². The van der Waals surface area contributed by atoms with E-state index in [0.29, 0.717) is 0 Å². The summed E-state index contributed by atoms with van der Waals surface area (Å²) in [7, 11) is 0. The molecule has 0 fully saturated rings. The summed E-state index contributed by atoms with van der Waals surface area (Å²) in [6.45, 7) is 3.85. The molecule has 67 valence electrons. The molecule has 1 aliphatic heterocycles. The molecule has 1 radical (unpaired) electrons. The van der Waals surface area contributed by atoms with E-state index in [0.717, 1.165) is 12.8 Å². The van der Waals surface area contributed by atoms with Crippen LogP contribution in [-0.4, -0.2) is 0 Å². The number of hydrogen-bond donors (Lipinski definition) is 0. The zero-order valence-corrected chi connectivity index (χ0v) is 7.57. The third-order valence-electron chi connectivity index (χ3n) is 2.30. The van der Waals surface area contributed by atoms with E-state index in [4.69, 9.17) is 4.74 Å². The average molecular weight is 173 g/mol. The number of hydrogen-bond acceptors (Lipinski definition) is 1. The van der Waals surface area contributed by atoms with E-state index in [-0.39, 0.29) is 6.10 Å². The van der Waals surface area contributed by atoms with E-state index in [2.05, 4.69) is 31.2 Å². The first-order chi connectivity index (χ1) is 6.42. The molecular weight excluding hydrogens is 160 g/mol. The fraction of sp³-hybridized carbons (Fsp3) is 0.250. The molecule has 1 atom stereocenters. The summed E-state index contributed by atoms with van der Waals surface area (Å²) in [6.07, 6.45) is 5.89. The Hall–Kier alpha value is -1.24. The highest BCUT2D eigenvalue weighted by Gasteiger charge is 2.15. The summed E-state index contributed by atoms with van der Waals surface area (Å²) < 4.78 is 5.52. The van der Waals surface area contributed by atoms with Crippen LogP contribution in [0.2, 0.25) is 0 Å². The molecule has 13 heavy (non-hydrogen) atoms. The lowest BCUT2D eigenvalue weighted by molar-refractivity contribution is 0.136. The van der Waals surface area contributed by atoms with Crippen molar-refractivity contribution in [1.29, 1.82) is 0 Å². The number of benzene rings is 1. The van der Waals surface area contributed by atoms with Crippen LogP contribution in [-0.2, 0) is 4.74 Å². The van der Waals surface area contributed by atoms with Crippen molar-refractivity contribution in [3.63, 3.8) is 0 Å². The topological polar surface area (TPSA) is 9.23 Å². The molecule has 1 heteroatoms. The van der Waals surface area contributed by atoms with Gasteiger partial charge in [-0.2, -0.15) is 0 Å². The van der Waals surface area contributed by atoms with Gasteiger partial charge in [0.05, 0.1) is 6.26 Å². The largest absolute Gasteiger partial charge is 0.493 e. The van der Waals surface area contributed by atoms with Crippen molar-refractivity contribution in [2.75, 3.05) is 0 Å². The summed E-state index contributed by atoms with van der Waals surface area (Å²) in [5.41, 5.74) is 2.56. The SMILES string of the molecule is [CH2]CCC1OC=Cc2ccccc21. The Balaban J connectivity index is 2.32. The Bertz CT molecular complexity index is 315. The summed E-state index contributed by atoms with van der Waals surface area (Å²) in [5, 5.41) is 0. The molecule has 0 saturated heterocycles. The zero-order chi connectivity index (χ0) is 9.10. The number of rotatable bonds is 2. The fourth-order valence-corrected chi connectivity index (χ4v) is 1.65. The Labute approximate surface area is 79.0 Å². The van der Waals surface area contributed by atoms with Gasteiger partial charge in [-0.25, -0.2) is 0 Å². The molecule has 2 rings (SSSR count). The molecule has 0 amide bonds.